The lowest BCUT2D eigenvalue weighted by Crippen LogP contribution is -2.28. The molecule has 0 spiro atoms. The predicted octanol–water partition coefficient (Wildman–Crippen LogP) is 3.12. The molecule has 0 radical (unpaired) electrons. The quantitative estimate of drug-likeness (QED) is 0.868. The van der Waals surface area contributed by atoms with E-state index in [4.69, 9.17) is 9.47 Å². The number of likely N-dealkylation sites (N-methyl/N-ethyl adjacent to an activating group) is 1. The molecule has 5 heteroatoms. The Morgan fingerprint density at radius 3 is 2.95 bits per heavy atom. The Balaban J connectivity index is 1.75. The Bertz CT molecular complexity index is 416. The molecule has 0 amide bonds. The Labute approximate surface area is 121 Å². The number of hydrogen-bond donors (Lipinski definition) is 1. The molecule has 1 saturated heterocycles. The van der Waals surface area contributed by atoms with Gasteiger partial charge in [0.1, 0.15) is 18.2 Å². The minimum Gasteiger partial charge on any atom is -0.491 e. The van der Waals surface area contributed by atoms with E-state index in [9.17, 15) is 4.39 Å². The second-order valence-electron chi connectivity index (χ2n) is 4.65. The van der Waals surface area contributed by atoms with Crippen LogP contribution in [0.25, 0.3) is 0 Å². The van der Waals surface area contributed by atoms with Gasteiger partial charge in [-0.3, -0.25) is 0 Å². The maximum Gasteiger partial charge on any atom is 0.137 e. The molecule has 1 aliphatic rings. The smallest absolute Gasteiger partial charge is 0.137 e. The van der Waals surface area contributed by atoms with Crippen LogP contribution < -0.4 is 10.1 Å². The van der Waals surface area contributed by atoms with Gasteiger partial charge in [-0.1, -0.05) is 6.92 Å². The fourth-order valence-corrected chi connectivity index (χ4v) is 2.47. The fourth-order valence-electron chi connectivity index (χ4n) is 2.11. The molecule has 1 aromatic rings. The normalized spacial score (nSPS) is 22.7. The molecule has 1 heterocycles. The molecular weight excluding hydrogens is 313 g/mol. The van der Waals surface area contributed by atoms with E-state index < -0.39 is 0 Å². The highest BCUT2D eigenvalue weighted by Crippen LogP contribution is 2.24. The standard InChI is InChI=1S/C14H19BrFNO2/c1-2-17-8-11-3-4-12(19-11)9-18-10-5-6-14(16)13(15)7-10/h5-7,11-12,17H,2-4,8-9H2,1H3. The second-order valence-corrected chi connectivity index (χ2v) is 5.51. The van der Waals surface area contributed by atoms with Crippen LogP contribution in [0.4, 0.5) is 4.39 Å². The number of nitrogens with one attached hydrogen (secondary N) is 1. The van der Waals surface area contributed by atoms with E-state index in [2.05, 4.69) is 28.2 Å². The van der Waals surface area contributed by atoms with Crippen molar-refractivity contribution in [2.45, 2.75) is 32.0 Å². The summed E-state index contributed by atoms with van der Waals surface area (Å²) in [6.07, 6.45) is 2.49. The number of hydrogen-bond acceptors (Lipinski definition) is 3. The summed E-state index contributed by atoms with van der Waals surface area (Å²) in [5.74, 6) is 0.377. The average molecular weight is 332 g/mol. The van der Waals surface area contributed by atoms with Crippen molar-refractivity contribution in [2.24, 2.45) is 0 Å². The van der Waals surface area contributed by atoms with Gasteiger partial charge in [-0.15, -0.1) is 0 Å². The summed E-state index contributed by atoms with van der Waals surface area (Å²) >= 11 is 3.14. The number of benzene rings is 1. The molecule has 1 aromatic carbocycles. The van der Waals surface area contributed by atoms with Crippen LogP contribution >= 0.6 is 15.9 Å². The molecule has 1 fully saturated rings. The van der Waals surface area contributed by atoms with Crippen LogP contribution in [0.3, 0.4) is 0 Å². The van der Waals surface area contributed by atoms with Crippen LogP contribution in [0, 0.1) is 5.82 Å². The summed E-state index contributed by atoms with van der Waals surface area (Å²) in [7, 11) is 0. The second kappa shape index (κ2) is 7.22. The van der Waals surface area contributed by atoms with Crippen molar-refractivity contribution in [3.8, 4) is 5.75 Å². The maximum atomic E-state index is 13.1. The molecule has 1 N–H and O–H groups in total. The van der Waals surface area contributed by atoms with E-state index in [0.717, 1.165) is 25.9 Å². The summed E-state index contributed by atoms with van der Waals surface area (Å²) in [6, 6.07) is 4.66. The summed E-state index contributed by atoms with van der Waals surface area (Å²) in [6.45, 7) is 4.46. The van der Waals surface area contributed by atoms with Crippen LogP contribution in [0.5, 0.6) is 5.75 Å². The van der Waals surface area contributed by atoms with Gasteiger partial charge in [0.25, 0.3) is 0 Å². The van der Waals surface area contributed by atoms with E-state index >= 15 is 0 Å². The van der Waals surface area contributed by atoms with Crippen molar-refractivity contribution in [3.63, 3.8) is 0 Å². The van der Waals surface area contributed by atoms with Crippen LogP contribution in [0.2, 0.25) is 0 Å². The summed E-state index contributed by atoms with van der Waals surface area (Å²) in [5, 5.41) is 3.28. The molecule has 0 saturated carbocycles. The Morgan fingerprint density at radius 2 is 2.21 bits per heavy atom. The zero-order chi connectivity index (χ0) is 13.7. The summed E-state index contributed by atoms with van der Waals surface area (Å²) < 4.78 is 25.0. The molecule has 1 aliphatic heterocycles. The Hall–Kier alpha value is -0.650. The van der Waals surface area contributed by atoms with Crippen molar-refractivity contribution in [1.29, 1.82) is 0 Å². The van der Waals surface area contributed by atoms with Crippen LogP contribution in [-0.4, -0.2) is 31.9 Å². The van der Waals surface area contributed by atoms with E-state index in [-0.39, 0.29) is 18.0 Å². The number of rotatable bonds is 6. The van der Waals surface area contributed by atoms with Crippen LogP contribution in [0.15, 0.2) is 22.7 Å². The maximum absolute atomic E-state index is 13.1. The van der Waals surface area contributed by atoms with Gasteiger partial charge in [0.2, 0.25) is 0 Å². The highest BCUT2D eigenvalue weighted by molar-refractivity contribution is 9.10. The van der Waals surface area contributed by atoms with Gasteiger partial charge in [-0.2, -0.15) is 0 Å². The molecule has 2 atom stereocenters. The van der Waals surface area contributed by atoms with Gasteiger partial charge in [-0.05, 0) is 53.5 Å². The molecule has 106 valence electrons. The fraction of sp³-hybridized carbons (Fsp3) is 0.571. The third kappa shape index (κ3) is 4.44. The lowest BCUT2D eigenvalue weighted by Gasteiger charge is -2.15. The monoisotopic (exact) mass is 331 g/mol. The molecule has 3 nitrogen and oxygen atoms in total. The zero-order valence-corrected chi connectivity index (χ0v) is 12.6. The summed E-state index contributed by atoms with van der Waals surface area (Å²) in [5.41, 5.74) is 0. The van der Waals surface area contributed by atoms with E-state index in [1.54, 1.807) is 12.1 Å². The van der Waals surface area contributed by atoms with Gasteiger partial charge in [-0.25, -0.2) is 4.39 Å². The zero-order valence-electron chi connectivity index (χ0n) is 11.0. The van der Waals surface area contributed by atoms with Crippen LogP contribution in [0.1, 0.15) is 19.8 Å². The Kier molecular flexibility index (Phi) is 5.60. The topological polar surface area (TPSA) is 30.5 Å². The first kappa shape index (κ1) is 14.8. The largest absolute Gasteiger partial charge is 0.491 e. The van der Waals surface area contributed by atoms with Crippen LogP contribution in [-0.2, 0) is 4.74 Å². The van der Waals surface area contributed by atoms with E-state index in [1.807, 2.05) is 0 Å². The highest BCUT2D eigenvalue weighted by Gasteiger charge is 2.25. The Morgan fingerprint density at radius 1 is 1.42 bits per heavy atom. The molecule has 2 unspecified atom stereocenters. The SMILES string of the molecule is CCNCC1CCC(COc2ccc(F)c(Br)c2)O1. The van der Waals surface area contributed by atoms with Gasteiger partial charge in [0, 0.05) is 6.54 Å². The van der Waals surface area contributed by atoms with Gasteiger partial charge < -0.3 is 14.8 Å². The lowest BCUT2D eigenvalue weighted by molar-refractivity contribution is 0.0188. The first-order valence-corrected chi connectivity index (χ1v) is 7.42. The van der Waals surface area contributed by atoms with Crippen molar-refractivity contribution >= 4 is 15.9 Å². The first-order chi connectivity index (χ1) is 9.19. The minimum absolute atomic E-state index is 0.132. The average Bonchev–Trinajstić information content (AvgIpc) is 2.86. The summed E-state index contributed by atoms with van der Waals surface area (Å²) in [4.78, 5) is 0. The van der Waals surface area contributed by atoms with Crippen molar-refractivity contribution < 1.29 is 13.9 Å². The third-order valence-electron chi connectivity index (χ3n) is 3.14. The molecule has 2 rings (SSSR count). The van der Waals surface area contributed by atoms with Gasteiger partial charge in [0.15, 0.2) is 0 Å². The van der Waals surface area contributed by atoms with E-state index in [0.29, 0.717) is 16.8 Å². The predicted molar refractivity (Wildman–Crippen MR) is 76.0 cm³/mol. The molecule has 0 bridgehead atoms. The van der Waals surface area contributed by atoms with Gasteiger partial charge >= 0.3 is 0 Å². The highest BCUT2D eigenvalue weighted by atomic mass is 79.9. The number of ether oxygens (including phenoxy) is 2. The molecule has 19 heavy (non-hydrogen) atoms. The van der Waals surface area contributed by atoms with Crippen molar-refractivity contribution in [2.75, 3.05) is 19.7 Å². The third-order valence-corrected chi connectivity index (χ3v) is 3.75. The van der Waals surface area contributed by atoms with Gasteiger partial charge in [0.05, 0.1) is 16.7 Å². The first-order valence-electron chi connectivity index (χ1n) is 6.63. The van der Waals surface area contributed by atoms with E-state index in [1.165, 1.54) is 6.07 Å². The molecule has 0 aliphatic carbocycles. The minimum atomic E-state index is -0.282. The number of halogens is 2. The van der Waals surface area contributed by atoms with Crippen molar-refractivity contribution in [3.05, 3.63) is 28.5 Å². The lowest BCUT2D eigenvalue weighted by atomic mass is 10.2. The molecular formula is C14H19BrFNO2. The molecule has 0 aromatic heterocycles. The van der Waals surface area contributed by atoms with Crippen molar-refractivity contribution in [1.82, 2.24) is 5.32 Å².